The number of H-pyrrole nitrogens is 1. The zero-order valence-corrected chi connectivity index (χ0v) is 12.5. The van der Waals surface area contributed by atoms with Gasteiger partial charge in [0, 0.05) is 12.7 Å². The number of hydrogen-bond acceptors (Lipinski definition) is 4. The van der Waals surface area contributed by atoms with Gasteiger partial charge < -0.3 is 10.7 Å². The molecule has 1 rings (SSSR count). The van der Waals surface area contributed by atoms with E-state index in [1.165, 1.54) is 0 Å². The van der Waals surface area contributed by atoms with Crippen LogP contribution in [0.2, 0.25) is 5.02 Å². The van der Waals surface area contributed by atoms with E-state index < -0.39 is 28.0 Å². The molecule has 0 radical (unpaired) electrons. The molecule has 3 N–H and O–H groups in total. The van der Waals surface area contributed by atoms with Crippen LogP contribution in [0, 0.1) is 0 Å². The lowest BCUT2D eigenvalue weighted by molar-refractivity contribution is -0.118. The lowest BCUT2D eigenvalue weighted by atomic mass is 10.3. The van der Waals surface area contributed by atoms with Crippen molar-refractivity contribution in [2.75, 3.05) is 13.1 Å². The topological polar surface area (TPSA) is 113 Å². The first-order chi connectivity index (χ1) is 9.28. The molecule has 0 spiro atoms. The number of carbonyl (C=O) groups excluding carboxylic acids is 1. The lowest BCUT2D eigenvalue weighted by Gasteiger charge is -2.20. The zero-order valence-electron chi connectivity index (χ0n) is 10.9. The highest BCUT2D eigenvalue weighted by Gasteiger charge is 2.26. The van der Waals surface area contributed by atoms with Crippen molar-refractivity contribution in [1.82, 2.24) is 9.29 Å². The molecule has 20 heavy (non-hydrogen) atoms. The number of carbonyl (C=O) groups is 1. The molecule has 0 atom stereocenters. The molecule has 0 saturated carbocycles. The van der Waals surface area contributed by atoms with Crippen molar-refractivity contribution in [3.8, 4) is 0 Å². The molecule has 0 aliphatic rings. The number of sulfonamides is 1. The van der Waals surface area contributed by atoms with Gasteiger partial charge in [0.2, 0.25) is 15.9 Å². The maximum atomic E-state index is 12.4. The molecule has 0 saturated heterocycles. The number of unbranched alkanes of at least 4 members (excludes halogenated alkanes) is 1. The Morgan fingerprint density at radius 2 is 2.15 bits per heavy atom. The number of hydrogen-bond donors (Lipinski definition) is 2. The van der Waals surface area contributed by atoms with Crippen molar-refractivity contribution in [1.29, 1.82) is 0 Å². The van der Waals surface area contributed by atoms with Crippen LogP contribution in [0.25, 0.3) is 0 Å². The molecular formula is C11H16ClN3O4S. The van der Waals surface area contributed by atoms with Crippen molar-refractivity contribution < 1.29 is 13.2 Å². The first-order valence-corrected chi connectivity index (χ1v) is 7.77. The van der Waals surface area contributed by atoms with E-state index >= 15 is 0 Å². The van der Waals surface area contributed by atoms with Crippen LogP contribution in [0.15, 0.2) is 22.0 Å². The maximum absolute atomic E-state index is 12.4. The van der Waals surface area contributed by atoms with Crippen LogP contribution in [0.4, 0.5) is 0 Å². The molecule has 0 aromatic carbocycles. The van der Waals surface area contributed by atoms with Crippen LogP contribution in [0.3, 0.4) is 0 Å². The predicted molar refractivity (Wildman–Crippen MR) is 74.9 cm³/mol. The second-order valence-corrected chi connectivity index (χ2v) is 6.52. The fourth-order valence-electron chi connectivity index (χ4n) is 1.53. The number of nitrogens with zero attached hydrogens (tertiary/aromatic N) is 1. The van der Waals surface area contributed by atoms with Gasteiger partial charge in [0.05, 0.1) is 11.4 Å². The monoisotopic (exact) mass is 321 g/mol. The van der Waals surface area contributed by atoms with Crippen molar-refractivity contribution in [2.24, 2.45) is 5.73 Å². The number of nitrogens with two attached hydrogens (primary N) is 1. The molecule has 0 unspecified atom stereocenters. The van der Waals surface area contributed by atoms with E-state index in [1.807, 2.05) is 6.92 Å². The summed E-state index contributed by atoms with van der Waals surface area (Å²) < 4.78 is 25.7. The molecule has 0 aliphatic carbocycles. The van der Waals surface area contributed by atoms with E-state index in [0.717, 1.165) is 23.0 Å². The SMILES string of the molecule is CCCCN(CC(N)=O)S(=O)(=O)c1c[nH]c(=O)c(Cl)c1. The van der Waals surface area contributed by atoms with Crippen LogP contribution in [-0.4, -0.2) is 36.7 Å². The molecular weight excluding hydrogens is 306 g/mol. The minimum absolute atomic E-state index is 0.165. The predicted octanol–water partition coefficient (Wildman–Crippen LogP) is 0.304. The number of amides is 1. The molecule has 1 aromatic heterocycles. The van der Waals surface area contributed by atoms with Gasteiger partial charge in [-0.05, 0) is 12.5 Å². The lowest BCUT2D eigenvalue weighted by Crippen LogP contribution is -2.39. The Bertz CT molecular complexity index is 641. The fraction of sp³-hybridized carbons (Fsp3) is 0.455. The van der Waals surface area contributed by atoms with Crippen molar-refractivity contribution >= 4 is 27.5 Å². The van der Waals surface area contributed by atoms with Gasteiger partial charge in [0.1, 0.15) is 5.02 Å². The summed E-state index contributed by atoms with van der Waals surface area (Å²) in [7, 11) is -3.93. The molecule has 112 valence electrons. The van der Waals surface area contributed by atoms with Crippen LogP contribution in [0.1, 0.15) is 19.8 Å². The van der Waals surface area contributed by atoms with Crippen LogP contribution in [-0.2, 0) is 14.8 Å². The Hall–Kier alpha value is -1.38. The van der Waals surface area contributed by atoms with Crippen molar-refractivity contribution in [3.63, 3.8) is 0 Å². The van der Waals surface area contributed by atoms with Crippen molar-refractivity contribution in [3.05, 3.63) is 27.6 Å². The third-order valence-electron chi connectivity index (χ3n) is 2.56. The molecule has 0 bridgehead atoms. The molecule has 0 aliphatic heterocycles. The second kappa shape index (κ2) is 6.87. The Balaban J connectivity index is 3.16. The average molecular weight is 322 g/mol. The van der Waals surface area contributed by atoms with E-state index in [2.05, 4.69) is 4.98 Å². The quantitative estimate of drug-likeness (QED) is 0.752. The van der Waals surface area contributed by atoms with E-state index in [9.17, 15) is 18.0 Å². The summed E-state index contributed by atoms with van der Waals surface area (Å²) in [5.41, 5.74) is 4.48. The summed E-state index contributed by atoms with van der Waals surface area (Å²) >= 11 is 5.62. The Kier molecular flexibility index (Phi) is 5.73. The highest BCUT2D eigenvalue weighted by molar-refractivity contribution is 7.89. The number of rotatable bonds is 7. The molecule has 7 nitrogen and oxygen atoms in total. The van der Waals surface area contributed by atoms with Crippen LogP contribution in [0.5, 0.6) is 0 Å². The molecule has 0 fully saturated rings. The Labute approximate surface area is 121 Å². The summed E-state index contributed by atoms with van der Waals surface area (Å²) in [5, 5.41) is -0.236. The molecule has 1 amide bonds. The van der Waals surface area contributed by atoms with Gasteiger partial charge in [-0.2, -0.15) is 4.31 Å². The summed E-state index contributed by atoms with van der Waals surface area (Å²) in [6.07, 6.45) is 2.39. The van der Waals surface area contributed by atoms with Crippen LogP contribution >= 0.6 is 11.6 Å². The number of aromatic nitrogens is 1. The maximum Gasteiger partial charge on any atom is 0.266 e. The highest BCUT2D eigenvalue weighted by Crippen LogP contribution is 2.17. The van der Waals surface area contributed by atoms with E-state index in [1.54, 1.807) is 0 Å². The standard InChI is InChI=1S/C11H16ClN3O4S/c1-2-3-4-15(7-10(13)16)20(18,19)8-5-9(12)11(17)14-6-8/h5-6H,2-4,7H2,1H3,(H2,13,16)(H,14,17). The number of halogens is 1. The van der Waals surface area contributed by atoms with Gasteiger partial charge in [0.25, 0.3) is 5.56 Å². The second-order valence-electron chi connectivity index (χ2n) is 4.17. The van der Waals surface area contributed by atoms with Gasteiger partial charge in [-0.1, -0.05) is 24.9 Å². The third kappa shape index (κ3) is 4.06. The first-order valence-electron chi connectivity index (χ1n) is 5.95. The average Bonchev–Trinajstić information content (AvgIpc) is 2.37. The normalized spacial score (nSPS) is 11.8. The van der Waals surface area contributed by atoms with Gasteiger partial charge >= 0.3 is 0 Å². The number of aromatic amines is 1. The minimum atomic E-state index is -3.93. The van der Waals surface area contributed by atoms with Crippen LogP contribution < -0.4 is 11.3 Å². The Morgan fingerprint density at radius 1 is 1.50 bits per heavy atom. The Morgan fingerprint density at radius 3 is 2.65 bits per heavy atom. The first kappa shape index (κ1) is 16.7. The van der Waals surface area contributed by atoms with E-state index in [4.69, 9.17) is 17.3 Å². The van der Waals surface area contributed by atoms with E-state index in [-0.39, 0.29) is 16.5 Å². The molecule has 1 aromatic rings. The summed E-state index contributed by atoms with van der Waals surface area (Å²) in [6, 6.07) is 1.05. The zero-order chi connectivity index (χ0) is 15.3. The summed E-state index contributed by atoms with van der Waals surface area (Å²) in [4.78, 5) is 24.2. The molecule has 1 heterocycles. The van der Waals surface area contributed by atoms with E-state index in [0.29, 0.717) is 6.42 Å². The smallest absolute Gasteiger partial charge is 0.266 e. The van der Waals surface area contributed by atoms with Gasteiger partial charge in [0.15, 0.2) is 0 Å². The molecule has 9 heteroatoms. The third-order valence-corrected chi connectivity index (χ3v) is 4.67. The van der Waals surface area contributed by atoms with Gasteiger partial charge in [-0.3, -0.25) is 9.59 Å². The van der Waals surface area contributed by atoms with Gasteiger partial charge in [-0.15, -0.1) is 0 Å². The number of nitrogens with one attached hydrogen (secondary N) is 1. The highest BCUT2D eigenvalue weighted by atomic mass is 35.5. The summed E-state index contributed by atoms with van der Waals surface area (Å²) in [5.74, 6) is -0.750. The number of primary amides is 1. The fourth-order valence-corrected chi connectivity index (χ4v) is 3.20. The van der Waals surface area contributed by atoms with Crippen molar-refractivity contribution in [2.45, 2.75) is 24.7 Å². The number of pyridine rings is 1. The largest absolute Gasteiger partial charge is 0.369 e. The summed E-state index contributed by atoms with van der Waals surface area (Å²) in [6.45, 7) is 1.64. The van der Waals surface area contributed by atoms with Gasteiger partial charge in [-0.25, -0.2) is 8.42 Å². The minimum Gasteiger partial charge on any atom is -0.369 e.